The molecule has 1 aliphatic rings. The lowest BCUT2D eigenvalue weighted by Crippen LogP contribution is -2.11. The first-order valence-electron chi connectivity index (χ1n) is 6.25. The minimum absolute atomic E-state index is 0. The summed E-state index contributed by atoms with van der Waals surface area (Å²) in [6.07, 6.45) is 0.978. The van der Waals surface area contributed by atoms with Crippen LogP contribution in [0.3, 0.4) is 0 Å². The van der Waals surface area contributed by atoms with Crippen molar-refractivity contribution in [1.29, 1.82) is 0 Å². The van der Waals surface area contributed by atoms with Crippen molar-refractivity contribution in [2.24, 2.45) is 0 Å². The summed E-state index contributed by atoms with van der Waals surface area (Å²) < 4.78 is 0. The van der Waals surface area contributed by atoms with E-state index < -0.39 is 0 Å². The molecule has 0 unspecified atom stereocenters. The number of halogens is 1. The molecule has 106 valence electrons. The van der Waals surface area contributed by atoms with Crippen LogP contribution in [-0.2, 0) is 6.42 Å². The number of hydrogen-bond acceptors (Lipinski definition) is 4. The maximum Gasteiger partial charge on any atom is 0.257 e. The monoisotopic (exact) mass is 309 g/mol. The van der Waals surface area contributed by atoms with Crippen molar-refractivity contribution < 1.29 is 4.79 Å². The molecular weight excluding hydrogens is 294 g/mol. The maximum atomic E-state index is 12.2. The number of anilines is 2. The lowest BCUT2D eigenvalue weighted by atomic mass is 10.1. The normalized spacial score (nSPS) is 12.3. The molecule has 0 atom stereocenters. The Morgan fingerprint density at radius 1 is 1.40 bits per heavy atom. The highest BCUT2D eigenvalue weighted by Gasteiger charge is 2.14. The van der Waals surface area contributed by atoms with Crippen LogP contribution in [0, 0.1) is 13.8 Å². The highest BCUT2D eigenvalue weighted by atomic mass is 35.5. The second kappa shape index (κ2) is 5.81. The van der Waals surface area contributed by atoms with Gasteiger partial charge >= 0.3 is 0 Å². The van der Waals surface area contributed by atoms with Gasteiger partial charge in [0.15, 0.2) is 5.13 Å². The van der Waals surface area contributed by atoms with Gasteiger partial charge in [-0.25, -0.2) is 4.98 Å². The van der Waals surface area contributed by atoms with Crippen molar-refractivity contribution in [1.82, 2.24) is 4.98 Å². The zero-order valence-corrected chi connectivity index (χ0v) is 13.0. The van der Waals surface area contributed by atoms with Crippen molar-refractivity contribution in [2.45, 2.75) is 20.3 Å². The van der Waals surface area contributed by atoms with Gasteiger partial charge in [0, 0.05) is 22.7 Å². The number of nitrogens with one attached hydrogen (secondary N) is 2. The third kappa shape index (κ3) is 2.78. The number of hydrogen-bond donors (Lipinski definition) is 2. The lowest BCUT2D eigenvalue weighted by Gasteiger charge is -2.04. The van der Waals surface area contributed by atoms with E-state index in [4.69, 9.17) is 0 Å². The number of rotatable bonds is 2. The molecule has 2 aromatic rings. The molecule has 0 radical (unpaired) electrons. The third-order valence-electron chi connectivity index (χ3n) is 3.33. The first kappa shape index (κ1) is 14.8. The Morgan fingerprint density at radius 3 is 2.90 bits per heavy atom. The maximum absolute atomic E-state index is 12.2. The number of nitrogens with zero attached hydrogens (tertiary/aromatic N) is 1. The Bertz CT molecular complexity index is 634. The molecule has 2 heterocycles. The summed E-state index contributed by atoms with van der Waals surface area (Å²) in [5.41, 5.74) is 4.00. The van der Waals surface area contributed by atoms with Gasteiger partial charge in [0.2, 0.25) is 0 Å². The second-order valence-corrected chi connectivity index (χ2v) is 5.87. The highest BCUT2D eigenvalue weighted by molar-refractivity contribution is 7.15. The van der Waals surface area contributed by atoms with Crippen molar-refractivity contribution in [3.8, 4) is 0 Å². The van der Waals surface area contributed by atoms with E-state index in [0.717, 1.165) is 29.2 Å². The molecule has 3 rings (SSSR count). The van der Waals surface area contributed by atoms with Gasteiger partial charge in [0.25, 0.3) is 5.91 Å². The van der Waals surface area contributed by atoms with E-state index in [9.17, 15) is 4.79 Å². The van der Waals surface area contributed by atoms with Crippen LogP contribution in [0.5, 0.6) is 0 Å². The Kier molecular flexibility index (Phi) is 4.30. The topological polar surface area (TPSA) is 54.0 Å². The van der Waals surface area contributed by atoms with Crippen LogP contribution < -0.4 is 10.6 Å². The Balaban J connectivity index is 0.00000147. The molecule has 0 saturated carbocycles. The molecule has 4 nitrogen and oxygen atoms in total. The molecule has 1 aromatic heterocycles. The summed E-state index contributed by atoms with van der Waals surface area (Å²) in [5, 5.41) is 6.81. The minimum Gasteiger partial charge on any atom is -0.384 e. The number of carbonyl (C=O) groups is 1. The van der Waals surface area contributed by atoms with Gasteiger partial charge in [0.1, 0.15) is 0 Å². The first-order chi connectivity index (χ1) is 9.13. The number of benzene rings is 1. The summed E-state index contributed by atoms with van der Waals surface area (Å²) >= 11 is 1.51. The molecule has 0 aliphatic carbocycles. The summed E-state index contributed by atoms with van der Waals surface area (Å²) in [7, 11) is 0. The number of carbonyl (C=O) groups excluding carboxylic acids is 1. The largest absolute Gasteiger partial charge is 0.384 e. The lowest BCUT2D eigenvalue weighted by molar-refractivity contribution is 0.102. The van der Waals surface area contributed by atoms with Gasteiger partial charge < -0.3 is 5.32 Å². The molecule has 1 amide bonds. The first-order valence-corrected chi connectivity index (χ1v) is 7.07. The van der Waals surface area contributed by atoms with Crippen molar-refractivity contribution in [3.63, 3.8) is 0 Å². The van der Waals surface area contributed by atoms with Crippen LogP contribution in [0.25, 0.3) is 0 Å². The highest BCUT2D eigenvalue weighted by Crippen LogP contribution is 2.25. The van der Waals surface area contributed by atoms with E-state index >= 15 is 0 Å². The molecule has 0 spiro atoms. The zero-order chi connectivity index (χ0) is 13.4. The Labute approximate surface area is 128 Å². The van der Waals surface area contributed by atoms with E-state index in [-0.39, 0.29) is 18.3 Å². The number of fused-ring (bicyclic) bond motifs is 1. The van der Waals surface area contributed by atoms with E-state index in [1.54, 1.807) is 0 Å². The summed E-state index contributed by atoms with van der Waals surface area (Å²) in [4.78, 5) is 17.6. The number of aromatic nitrogens is 1. The molecule has 0 fully saturated rings. The number of amides is 1. The van der Waals surface area contributed by atoms with Crippen molar-refractivity contribution in [2.75, 3.05) is 17.2 Å². The number of thiazole rings is 1. The Hall–Kier alpha value is -1.59. The molecule has 20 heavy (non-hydrogen) atoms. The fraction of sp³-hybridized carbons (Fsp3) is 0.286. The van der Waals surface area contributed by atoms with Crippen LogP contribution in [0.2, 0.25) is 0 Å². The van der Waals surface area contributed by atoms with Gasteiger partial charge in [-0.05, 0) is 44.0 Å². The summed E-state index contributed by atoms with van der Waals surface area (Å²) in [6.45, 7) is 4.90. The minimum atomic E-state index is -0.0940. The molecular formula is C14H16ClN3OS. The molecule has 6 heteroatoms. The molecule has 2 N–H and O–H groups in total. The summed E-state index contributed by atoms with van der Waals surface area (Å²) in [5.74, 6) is -0.0940. The third-order valence-corrected chi connectivity index (χ3v) is 4.31. The van der Waals surface area contributed by atoms with E-state index in [1.165, 1.54) is 16.9 Å². The summed E-state index contributed by atoms with van der Waals surface area (Å²) in [6, 6.07) is 5.77. The van der Waals surface area contributed by atoms with E-state index in [1.807, 2.05) is 32.0 Å². The van der Waals surface area contributed by atoms with Crippen molar-refractivity contribution in [3.05, 3.63) is 39.9 Å². The fourth-order valence-electron chi connectivity index (χ4n) is 2.14. The Morgan fingerprint density at radius 2 is 2.20 bits per heavy atom. The quantitative estimate of drug-likeness (QED) is 0.894. The second-order valence-electron chi connectivity index (χ2n) is 4.66. The fourth-order valence-corrected chi connectivity index (χ4v) is 2.95. The molecule has 1 aromatic carbocycles. The standard InChI is InChI=1S/C14H15N3OS.ClH/c1-8-9(2)19-14(16-8)17-13(18)11-3-4-12-10(7-11)5-6-15-12;/h3-4,7,15H,5-6H2,1-2H3,(H,16,17,18);1H. The van der Waals surface area contributed by atoms with Crippen LogP contribution in [0.1, 0.15) is 26.5 Å². The van der Waals surface area contributed by atoms with Gasteiger partial charge in [-0.1, -0.05) is 0 Å². The predicted molar refractivity (Wildman–Crippen MR) is 85.4 cm³/mol. The van der Waals surface area contributed by atoms with Gasteiger partial charge in [0.05, 0.1) is 5.69 Å². The zero-order valence-electron chi connectivity index (χ0n) is 11.3. The molecule has 0 saturated heterocycles. The van der Waals surface area contributed by atoms with Gasteiger partial charge in [-0.3, -0.25) is 10.1 Å². The average Bonchev–Trinajstić information content (AvgIpc) is 2.96. The van der Waals surface area contributed by atoms with Crippen LogP contribution in [-0.4, -0.2) is 17.4 Å². The smallest absolute Gasteiger partial charge is 0.257 e. The van der Waals surface area contributed by atoms with Crippen LogP contribution in [0.15, 0.2) is 18.2 Å². The van der Waals surface area contributed by atoms with Crippen LogP contribution >= 0.6 is 23.7 Å². The van der Waals surface area contributed by atoms with Crippen molar-refractivity contribution >= 4 is 40.5 Å². The molecule has 0 bridgehead atoms. The van der Waals surface area contributed by atoms with Crippen LogP contribution in [0.4, 0.5) is 10.8 Å². The SMILES string of the molecule is Cc1nc(NC(=O)c2ccc3c(c2)CCN3)sc1C.Cl. The predicted octanol–water partition coefficient (Wildman–Crippen LogP) is 3.40. The average molecular weight is 310 g/mol. The number of aryl methyl sites for hydroxylation is 2. The molecule has 1 aliphatic heterocycles. The van der Waals surface area contributed by atoms with Gasteiger partial charge in [-0.15, -0.1) is 23.7 Å². The van der Waals surface area contributed by atoms with E-state index in [2.05, 4.69) is 15.6 Å². The van der Waals surface area contributed by atoms with E-state index in [0.29, 0.717) is 10.7 Å². The van der Waals surface area contributed by atoms with Gasteiger partial charge in [-0.2, -0.15) is 0 Å².